The number of piperidine rings is 1. The molecule has 0 spiro atoms. The van der Waals surface area contributed by atoms with Crippen molar-refractivity contribution >= 4 is 12.1 Å². The second-order valence-electron chi connectivity index (χ2n) is 6.19. The van der Waals surface area contributed by atoms with Crippen LogP contribution in [0.15, 0.2) is 0 Å². The molecule has 3 atom stereocenters. The van der Waals surface area contributed by atoms with E-state index in [9.17, 15) is 9.59 Å². The third-order valence-electron chi connectivity index (χ3n) is 3.70. The molecule has 0 aromatic carbocycles. The van der Waals surface area contributed by atoms with Crippen molar-refractivity contribution in [1.82, 2.24) is 4.90 Å². The first kappa shape index (κ1) is 15.8. The molecular weight excluding hydrogens is 246 g/mol. The smallest absolute Gasteiger partial charge is 0.410 e. The normalized spacial score (nSPS) is 27.9. The summed E-state index contributed by atoms with van der Waals surface area (Å²) in [6, 6.07) is -0.0345. The fourth-order valence-corrected chi connectivity index (χ4v) is 2.43. The van der Waals surface area contributed by atoms with Crippen LogP contribution in [0.4, 0.5) is 4.79 Å². The number of ether oxygens (including phenoxy) is 2. The van der Waals surface area contributed by atoms with E-state index in [2.05, 4.69) is 0 Å². The molecule has 1 aliphatic rings. The summed E-state index contributed by atoms with van der Waals surface area (Å²) >= 11 is 0. The van der Waals surface area contributed by atoms with Crippen LogP contribution in [0.1, 0.15) is 41.0 Å². The van der Waals surface area contributed by atoms with Crippen LogP contribution in [0.3, 0.4) is 0 Å². The van der Waals surface area contributed by atoms with Gasteiger partial charge in [-0.1, -0.05) is 6.92 Å². The molecule has 1 saturated heterocycles. The fraction of sp³-hybridized carbons (Fsp3) is 0.857. The lowest BCUT2D eigenvalue weighted by molar-refractivity contribution is -0.150. The van der Waals surface area contributed by atoms with Crippen LogP contribution < -0.4 is 0 Å². The maximum absolute atomic E-state index is 12.1. The first-order valence-corrected chi connectivity index (χ1v) is 6.75. The van der Waals surface area contributed by atoms with Gasteiger partial charge in [0.25, 0.3) is 0 Å². The first-order chi connectivity index (χ1) is 8.67. The Labute approximate surface area is 115 Å². The van der Waals surface area contributed by atoms with Gasteiger partial charge in [0.2, 0.25) is 0 Å². The van der Waals surface area contributed by atoms with E-state index >= 15 is 0 Å². The molecule has 1 rings (SSSR count). The summed E-state index contributed by atoms with van der Waals surface area (Å²) < 4.78 is 10.2. The Morgan fingerprint density at radius 1 is 1.21 bits per heavy atom. The summed E-state index contributed by atoms with van der Waals surface area (Å²) in [6.45, 7) is 9.99. The van der Waals surface area contributed by atoms with Crippen LogP contribution >= 0.6 is 0 Å². The van der Waals surface area contributed by atoms with Crippen molar-refractivity contribution in [2.24, 2.45) is 11.8 Å². The van der Waals surface area contributed by atoms with E-state index < -0.39 is 5.60 Å². The number of rotatable bonds is 1. The molecule has 0 aromatic heterocycles. The highest BCUT2D eigenvalue weighted by atomic mass is 16.6. The molecule has 19 heavy (non-hydrogen) atoms. The summed E-state index contributed by atoms with van der Waals surface area (Å²) in [6.07, 6.45) is 0.312. The van der Waals surface area contributed by atoms with Gasteiger partial charge in [0.15, 0.2) is 0 Å². The molecule has 0 radical (unpaired) electrons. The van der Waals surface area contributed by atoms with E-state index in [-0.39, 0.29) is 29.9 Å². The van der Waals surface area contributed by atoms with Crippen LogP contribution in [0.5, 0.6) is 0 Å². The minimum Gasteiger partial charge on any atom is -0.469 e. The van der Waals surface area contributed by atoms with Gasteiger partial charge in [-0.3, -0.25) is 4.79 Å². The molecule has 0 saturated carbocycles. The minimum atomic E-state index is -0.501. The van der Waals surface area contributed by atoms with E-state index in [4.69, 9.17) is 9.47 Å². The zero-order valence-electron chi connectivity index (χ0n) is 12.7. The van der Waals surface area contributed by atoms with Gasteiger partial charge < -0.3 is 14.4 Å². The highest BCUT2D eigenvalue weighted by Crippen LogP contribution is 2.30. The molecule has 5 heteroatoms. The molecule has 110 valence electrons. The van der Waals surface area contributed by atoms with E-state index in [0.29, 0.717) is 13.0 Å². The van der Waals surface area contributed by atoms with Crippen molar-refractivity contribution in [3.8, 4) is 0 Å². The number of esters is 1. The third kappa shape index (κ3) is 3.85. The number of hydrogen-bond donors (Lipinski definition) is 0. The van der Waals surface area contributed by atoms with E-state index in [1.165, 1.54) is 7.11 Å². The molecule has 1 amide bonds. The minimum absolute atomic E-state index is 0.0345. The Hall–Kier alpha value is -1.26. The highest BCUT2D eigenvalue weighted by molar-refractivity contribution is 5.74. The number of amides is 1. The molecule has 0 aromatic rings. The predicted octanol–water partition coefficient (Wildman–Crippen LogP) is 2.44. The molecule has 0 bridgehead atoms. The number of carbonyl (C=O) groups is 2. The highest BCUT2D eigenvalue weighted by Gasteiger charge is 2.40. The quantitative estimate of drug-likeness (QED) is 0.687. The van der Waals surface area contributed by atoms with Crippen LogP contribution in [0.25, 0.3) is 0 Å². The average molecular weight is 271 g/mol. The lowest BCUT2D eigenvalue weighted by Gasteiger charge is -2.41. The van der Waals surface area contributed by atoms with Crippen molar-refractivity contribution < 1.29 is 19.1 Å². The lowest BCUT2D eigenvalue weighted by atomic mass is 9.81. The van der Waals surface area contributed by atoms with Crippen molar-refractivity contribution in [2.75, 3.05) is 13.7 Å². The van der Waals surface area contributed by atoms with Crippen LogP contribution in [0, 0.1) is 11.8 Å². The Kier molecular flexibility index (Phi) is 4.82. The van der Waals surface area contributed by atoms with Crippen molar-refractivity contribution in [2.45, 2.75) is 52.7 Å². The number of carbonyl (C=O) groups excluding carboxylic acids is 2. The topological polar surface area (TPSA) is 55.8 Å². The molecule has 1 fully saturated rings. The molecule has 5 nitrogen and oxygen atoms in total. The second-order valence-corrected chi connectivity index (χ2v) is 6.19. The monoisotopic (exact) mass is 271 g/mol. The van der Waals surface area contributed by atoms with Gasteiger partial charge in [-0.25, -0.2) is 4.79 Å². The Morgan fingerprint density at radius 2 is 1.79 bits per heavy atom. The summed E-state index contributed by atoms with van der Waals surface area (Å²) in [5, 5.41) is 0. The number of nitrogens with zero attached hydrogens (tertiary/aromatic N) is 1. The largest absolute Gasteiger partial charge is 0.469 e. The van der Waals surface area contributed by atoms with Crippen molar-refractivity contribution in [1.29, 1.82) is 0 Å². The number of methoxy groups -OCH3 is 1. The fourth-order valence-electron chi connectivity index (χ4n) is 2.43. The first-order valence-electron chi connectivity index (χ1n) is 6.75. The van der Waals surface area contributed by atoms with Gasteiger partial charge in [-0.15, -0.1) is 0 Å². The summed E-state index contributed by atoms with van der Waals surface area (Å²) in [5.41, 5.74) is -0.501. The number of likely N-dealkylation sites (tertiary alicyclic amines) is 1. The van der Waals surface area contributed by atoms with Crippen LogP contribution in [0.2, 0.25) is 0 Å². The van der Waals surface area contributed by atoms with Gasteiger partial charge in [0, 0.05) is 12.6 Å². The van der Waals surface area contributed by atoms with Gasteiger partial charge in [-0.2, -0.15) is 0 Å². The zero-order chi connectivity index (χ0) is 14.8. The standard InChI is InChI=1S/C14H25NO4/c1-9-10(2)15(13(17)19-14(3,4)5)8-7-11(9)12(16)18-6/h9-11H,7-8H2,1-6H3. The van der Waals surface area contributed by atoms with Gasteiger partial charge in [-0.05, 0) is 40.0 Å². The molecule has 0 aliphatic carbocycles. The summed E-state index contributed by atoms with van der Waals surface area (Å²) in [4.78, 5) is 25.5. The average Bonchev–Trinajstić information content (AvgIpc) is 2.29. The molecule has 0 N–H and O–H groups in total. The molecule has 3 unspecified atom stereocenters. The zero-order valence-corrected chi connectivity index (χ0v) is 12.7. The number of hydrogen-bond acceptors (Lipinski definition) is 4. The van der Waals surface area contributed by atoms with Crippen LogP contribution in [-0.4, -0.2) is 42.3 Å². The molecular formula is C14H25NO4. The second kappa shape index (κ2) is 5.80. The van der Waals surface area contributed by atoms with Gasteiger partial charge in [0.05, 0.1) is 13.0 Å². The SMILES string of the molecule is COC(=O)C1CCN(C(=O)OC(C)(C)C)C(C)C1C. The predicted molar refractivity (Wildman–Crippen MR) is 71.7 cm³/mol. The van der Waals surface area contributed by atoms with Gasteiger partial charge in [0.1, 0.15) is 5.60 Å². The van der Waals surface area contributed by atoms with Gasteiger partial charge >= 0.3 is 12.1 Å². The maximum Gasteiger partial charge on any atom is 0.410 e. The summed E-state index contributed by atoms with van der Waals surface area (Å²) in [7, 11) is 1.40. The van der Waals surface area contributed by atoms with Crippen LogP contribution in [-0.2, 0) is 14.3 Å². The Morgan fingerprint density at radius 3 is 2.26 bits per heavy atom. The van der Waals surface area contributed by atoms with E-state index in [1.54, 1.807) is 4.90 Å². The van der Waals surface area contributed by atoms with Crippen molar-refractivity contribution in [3.05, 3.63) is 0 Å². The van der Waals surface area contributed by atoms with E-state index in [0.717, 1.165) is 0 Å². The Bertz CT molecular complexity index is 348. The summed E-state index contributed by atoms with van der Waals surface area (Å²) in [5.74, 6) is -0.268. The van der Waals surface area contributed by atoms with Crippen molar-refractivity contribution in [3.63, 3.8) is 0 Å². The Balaban J connectivity index is 2.71. The maximum atomic E-state index is 12.1. The molecule has 1 heterocycles. The lowest BCUT2D eigenvalue weighted by Crippen LogP contribution is -2.52. The molecule has 1 aliphatic heterocycles. The van der Waals surface area contributed by atoms with E-state index in [1.807, 2.05) is 34.6 Å². The third-order valence-corrected chi connectivity index (χ3v) is 3.70.